The number of nitrogens with two attached hydrogens (primary N) is 1. The van der Waals surface area contributed by atoms with Crippen molar-refractivity contribution in [3.63, 3.8) is 0 Å². The molecule has 0 amide bonds. The SMILES string of the molecule is CC1=CCCN(c2ncc(CN)cc2Cl)C1. The van der Waals surface area contributed by atoms with Gasteiger partial charge in [0.15, 0.2) is 0 Å². The molecule has 0 atom stereocenters. The highest BCUT2D eigenvalue weighted by Crippen LogP contribution is 2.26. The fourth-order valence-electron chi connectivity index (χ4n) is 1.91. The Bertz CT molecular complexity index is 415. The summed E-state index contributed by atoms with van der Waals surface area (Å²) in [5.74, 6) is 0.867. The van der Waals surface area contributed by atoms with Crippen LogP contribution in [0, 0.1) is 0 Å². The molecule has 0 bridgehead atoms. The molecule has 0 aliphatic carbocycles. The van der Waals surface area contributed by atoms with E-state index < -0.39 is 0 Å². The summed E-state index contributed by atoms with van der Waals surface area (Å²) >= 11 is 6.21. The van der Waals surface area contributed by atoms with Gasteiger partial charge in [0.25, 0.3) is 0 Å². The number of hydrogen-bond donors (Lipinski definition) is 1. The van der Waals surface area contributed by atoms with Crippen LogP contribution in [0.4, 0.5) is 5.82 Å². The minimum absolute atomic E-state index is 0.478. The van der Waals surface area contributed by atoms with Crippen LogP contribution in [0.5, 0.6) is 0 Å². The van der Waals surface area contributed by atoms with Gasteiger partial charge in [-0.15, -0.1) is 0 Å². The molecule has 0 spiro atoms. The molecule has 0 radical (unpaired) electrons. The van der Waals surface area contributed by atoms with E-state index in [2.05, 4.69) is 22.9 Å². The largest absolute Gasteiger partial charge is 0.351 e. The van der Waals surface area contributed by atoms with Crippen molar-refractivity contribution >= 4 is 17.4 Å². The van der Waals surface area contributed by atoms with Gasteiger partial charge in [-0.1, -0.05) is 23.3 Å². The number of halogens is 1. The van der Waals surface area contributed by atoms with Gasteiger partial charge in [-0.2, -0.15) is 0 Å². The van der Waals surface area contributed by atoms with Crippen molar-refractivity contribution in [1.29, 1.82) is 0 Å². The Balaban J connectivity index is 2.24. The molecule has 0 saturated carbocycles. The van der Waals surface area contributed by atoms with Gasteiger partial charge < -0.3 is 10.6 Å². The summed E-state index contributed by atoms with van der Waals surface area (Å²) in [7, 11) is 0. The van der Waals surface area contributed by atoms with Gasteiger partial charge in [0, 0.05) is 25.8 Å². The smallest absolute Gasteiger partial charge is 0.147 e. The van der Waals surface area contributed by atoms with Crippen molar-refractivity contribution in [2.45, 2.75) is 19.9 Å². The summed E-state index contributed by atoms with van der Waals surface area (Å²) in [6.45, 7) is 4.50. The van der Waals surface area contributed by atoms with Gasteiger partial charge in [0.05, 0.1) is 5.02 Å². The molecule has 0 unspecified atom stereocenters. The van der Waals surface area contributed by atoms with Crippen molar-refractivity contribution in [3.8, 4) is 0 Å². The van der Waals surface area contributed by atoms with Gasteiger partial charge in [-0.05, 0) is 25.0 Å². The summed E-state index contributed by atoms with van der Waals surface area (Å²) in [4.78, 5) is 6.60. The van der Waals surface area contributed by atoms with Crippen molar-refractivity contribution in [3.05, 3.63) is 34.5 Å². The molecule has 2 N–H and O–H groups in total. The number of aromatic nitrogens is 1. The molecule has 1 aliphatic heterocycles. The topological polar surface area (TPSA) is 42.2 Å². The molecular weight excluding hydrogens is 222 g/mol. The van der Waals surface area contributed by atoms with Gasteiger partial charge in [0.2, 0.25) is 0 Å². The molecule has 2 heterocycles. The third-order valence-corrected chi connectivity index (χ3v) is 3.02. The van der Waals surface area contributed by atoms with E-state index in [-0.39, 0.29) is 0 Å². The number of hydrogen-bond acceptors (Lipinski definition) is 3. The molecule has 1 aliphatic rings. The number of anilines is 1. The fourth-order valence-corrected chi connectivity index (χ4v) is 2.22. The van der Waals surface area contributed by atoms with Gasteiger partial charge >= 0.3 is 0 Å². The first kappa shape index (κ1) is 11.4. The van der Waals surface area contributed by atoms with Crippen LogP contribution in [-0.2, 0) is 6.54 Å². The lowest BCUT2D eigenvalue weighted by Gasteiger charge is -2.28. The maximum Gasteiger partial charge on any atom is 0.147 e. The average Bonchev–Trinajstić information content (AvgIpc) is 2.28. The van der Waals surface area contributed by atoms with E-state index in [1.807, 2.05) is 6.07 Å². The van der Waals surface area contributed by atoms with Crippen LogP contribution in [-0.4, -0.2) is 18.1 Å². The Morgan fingerprint density at radius 2 is 2.38 bits per heavy atom. The van der Waals surface area contributed by atoms with Crippen LogP contribution in [0.1, 0.15) is 18.9 Å². The molecule has 1 aromatic rings. The Labute approximate surface area is 101 Å². The lowest BCUT2D eigenvalue weighted by molar-refractivity contribution is 0.777. The first-order chi connectivity index (χ1) is 7.70. The highest BCUT2D eigenvalue weighted by atomic mass is 35.5. The maximum atomic E-state index is 6.21. The number of pyridine rings is 1. The molecule has 2 rings (SSSR count). The summed E-state index contributed by atoms with van der Waals surface area (Å²) in [6.07, 6.45) is 5.12. The maximum absolute atomic E-state index is 6.21. The molecule has 0 aromatic carbocycles. The summed E-state index contributed by atoms with van der Waals surface area (Å²) in [5, 5.41) is 0.692. The predicted octanol–water partition coefficient (Wildman–Crippen LogP) is 2.35. The lowest BCUT2D eigenvalue weighted by atomic mass is 10.1. The molecule has 1 aromatic heterocycles. The summed E-state index contributed by atoms with van der Waals surface area (Å²) < 4.78 is 0. The first-order valence-corrected chi connectivity index (χ1v) is 5.83. The van der Waals surface area contributed by atoms with Crippen LogP contribution in [0.2, 0.25) is 5.02 Å². The molecular formula is C12H16ClN3. The first-order valence-electron chi connectivity index (χ1n) is 5.46. The van der Waals surface area contributed by atoms with E-state index in [4.69, 9.17) is 17.3 Å². The van der Waals surface area contributed by atoms with E-state index in [1.165, 1.54) is 5.57 Å². The minimum atomic E-state index is 0.478. The molecule has 86 valence electrons. The second kappa shape index (κ2) is 4.85. The number of rotatable bonds is 2. The van der Waals surface area contributed by atoms with Crippen LogP contribution >= 0.6 is 11.6 Å². The second-order valence-electron chi connectivity index (χ2n) is 4.11. The van der Waals surface area contributed by atoms with Crippen LogP contribution in [0.3, 0.4) is 0 Å². The Morgan fingerprint density at radius 1 is 1.56 bits per heavy atom. The highest BCUT2D eigenvalue weighted by molar-refractivity contribution is 6.33. The zero-order chi connectivity index (χ0) is 11.5. The average molecular weight is 238 g/mol. The molecule has 4 heteroatoms. The van der Waals surface area contributed by atoms with Gasteiger partial charge in [0.1, 0.15) is 5.82 Å². The Kier molecular flexibility index (Phi) is 3.46. The van der Waals surface area contributed by atoms with Gasteiger partial charge in [-0.25, -0.2) is 4.98 Å². The molecule has 0 fully saturated rings. The standard InChI is InChI=1S/C12H16ClN3/c1-9-3-2-4-16(8-9)12-11(13)5-10(6-14)7-15-12/h3,5,7H,2,4,6,8,14H2,1H3. The summed E-state index contributed by atoms with van der Waals surface area (Å²) in [5.41, 5.74) is 7.89. The van der Waals surface area contributed by atoms with E-state index >= 15 is 0 Å². The fraction of sp³-hybridized carbons (Fsp3) is 0.417. The van der Waals surface area contributed by atoms with Crippen LogP contribution in [0.25, 0.3) is 0 Å². The minimum Gasteiger partial charge on any atom is -0.351 e. The van der Waals surface area contributed by atoms with Crippen molar-refractivity contribution in [2.24, 2.45) is 5.73 Å². The van der Waals surface area contributed by atoms with E-state index in [0.717, 1.165) is 30.9 Å². The van der Waals surface area contributed by atoms with Gasteiger partial charge in [-0.3, -0.25) is 0 Å². The van der Waals surface area contributed by atoms with Crippen molar-refractivity contribution in [2.75, 3.05) is 18.0 Å². The third-order valence-electron chi connectivity index (χ3n) is 2.75. The third kappa shape index (κ3) is 2.36. The zero-order valence-electron chi connectivity index (χ0n) is 9.41. The highest BCUT2D eigenvalue weighted by Gasteiger charge is 2.15. The van der Waals surface area contributed by atoms with Crippen molar-refractivity contribution < 1.29 is 0 Å². The van der Waals surface area contributed by atoms with Crippen molar-refractivity contribution in [1.82, 2.24) is 4.98 Å². The zero-order valence-corrected chi connectivity index (χ0v) is 10.2. The Hall–Kier alpha value is -1.06. The molecule has 3 nitrogen and oxygen atoms in total. The predicted molar refractivity (Wildman–Crippen MR) is 67.7 cm³/mol. The monoisotopic (exact) mass is 237 g/mol. The normalized spacial score (nSPS) is 16.2. The Morgan fingerprint density at radius 3 is 3.00 bits per heavy atom. The second-order valence-corrected chi connectivity index (χ2v) is 4.52. The van der Waals surface area contributed by atoms with Crippen LogP contribution < -0.4 is 10.6 Å². The van der Waals surface area contributed by atoms with E-state index in [9.17, 15) is 0 Å². The molecule has 0 saturated heterocycles. The van der Waals surface area contributed by atoms with E-state index in [1.54, 1.807) is 6.20 Å². The van der Waals surface area contributed by atoms with Crippen LogP contribution in [0.15, 0.2) is 23.9 Å². The molecule has 16 heavy (non-hydrogen) atoms. The quantitative estimate of drug-likeness (QED) is 0.803. The van der Waals surface area contributed by atoms with E-state index in [0.29, 0.717) is 11.6 Å². The lowest BCUT2D eigenvalue weighted by Crippen LogP contribution is -2.30. The summed E-state index contributed by atoms with van der Waals surface area (Å²) in [6, 6.07) is 1.90. The number of nitrogens with zero attached hydrogens (tertiary/aromatic N) is 2.